The Morgan fingerprint density at radius 3 is 2.88 bits per heavy atom. The molecule has 0 aromatic carbocycles. The summed E-state index contributed by atoms with van der Waals surface area (Å²) in [6.45, 7) is 3.99. The number of hydrogen-bond acceptors (Lipinski definition) is 4. The van der Waals surface area contributed by atoms with Crippen LogP contribution in [-0.2, 0) is 7.05 Å². The molecule has 5 heteroatoms. The lowest BCUT2D eigenvalue weighted by Crippen LogP contribution is -2.15. The Morgan fingerprint density at radius 2 is 2.12 bits per heavy atom. The maximum Gasteiger partial charge on any atom is 0.271 e. The second-order valence-corrected chi connectivity index (χ2v) is 5.20. The predicted molar refractivity (Wildman–Crippen MR) is 69.6 cm³/mol. The monoisotopic (exact) mass is 245 g/mol. The molecule has 4 nitrogen and oxygen atoms in total. The summed E-state index contributed by atoms with van der Waals surface area (Å²) in [6, 6.07) is 2.02. The number of nitrogens with zero attached hydrogens (tertiary/aromatic N) is 3. The highest BCUT2D eigenvalue weighted by Gasteiger charge is 2.13. The van der Waals surface area contributed by atoms with Gasteiger partial charge >= 0.3 is 0 Å². The lowest BCUT2D eigenvalue weighted by Gasteiger charge is -1.98. The SMILES string of the molecule is Cc1cc(C)c2c(n1)sc1c(=O)n(C)cnc12. The summed E-state index contributed by atoms with van der Waals surface area (Å²) in [5.74, 6) is 0. The van der Waals surface area contributed by atoms with E-state index >= 15 is 0 Å². The van der Waals surface area contributed by atoms with Crippen molar-refractivity contribution in [3.05, 3.63) is 34.0 Å². The largest absolute Gasteiger partial charge is 0.301 e. The fraction of sp³-hybridized carbons (Fsp3) is 0.250. The Balaban J connectivity index is 2.64. The minimum atomic E-state index is -0.00458. The van der Waals surface area contributed by atoms with Crippen molar-refractivity contribution >= 4 is 31.8 Å². The highest BCUT2D eigenvalue weighted by molar-refractivity contribution is 7.25. The van der Waals surface area contributed by atoms with E-state index in [1.54, 1.807) is 13.4 Å². The van der Waals surface area contributed by atoms with Crippen molar-refractivity contribution in [1.82, 2.24) is 14.5 Å². The highest BCUT2D eigenvalue weighted by Crippen LogP contribution is 2.31. The van der Waals surface area contributed by atoms with Gasteiger partial charge in [-0.2, -0.15) is 0 Å². The summed E-state index contributed by atoms with van der Waals surface area (Å²) < 4.78 is 2.19. The summed E-state index contributed by atoms with van der Waals surface area (Å²) in [7, 11) is 1.71. The van der Waals surface area contributed by atoms with Gasteiger partial charge in [-0.25, -0.2) is 9.97 Å². The highest BCUT2D eigenvalue weighted by atomic mass is 32.1. The van der Waals surface area contributed by atoms with Crippen molar-refractivity contribution in [3.63, 3.8) is 0 Å². The van der Waals surface area contributed by atoms with Crippen molar-refractivity contribution < 1.29 is 0 Å². The van der Waals surface area contributed by atoms with E-state index in [1.807, 2.05) is 19.9 Å². The summed E-state index contributed by atoms with van der Waals surface area (Å²) in [5, 5.41) is 1.01. The molecule has 0 fully saturated rings. The number of fused-ring (bicyclic) bond motifs is 3. The Hall–Kier alpha value is -1.75. The first-order valence-corrected chi connectivity index (χ1v) is 6.11. The van der Waals surface area contributed by atoms with E-state index in [2.05, 4.69) is 9.97 Å². The van der Waals surface area contributed by atoms with Gasteiger partial charge in [-0.3, -0.25) is 4.79 Å². The van der Waals surface area contributed by atoms with Crippen LogP contribution in [0.15, 0.2) is 17.2 Å². The topological polar surface area (TPSA) is 47.8 Å². The van der Waals surface area contributed by atoms with Gasteiger partial charge in [0.05, 0.1) is 11.8 Å². The molecule has 0 aliphatic carbocycles. The van der Waals surface area contributed by atoms with Gasteiger partial charge < -0.3 is 4.57 Å². The van der Waals surface area contributed by atoms with Crippen molar-refractivity contribution in [2.45, 2.75) is 13.8 Å². The Labute approximate surface area is 102 Å². The van der Waals surface area contributed by atoms with E-state index in [-0.39, 0.29) is 5.56 Å². The quantitative estimate of drug-likeness (QED) is 0.609. The number of rotatable bonds is 0. The van der Waals surface area contributed by atoms with E-state index < -0.39 is 0 Å². The molecular formula is C12H11N3OS. The van der Waals surface area contributed by atoms with Gasteiger partial charge in [0, 0.05) is 18.1 Å². The molecule has 3 heterocycles. The van der Waals surface area contributed by atoms with Crippen LogP contribution in [-0.4, -0.2) is 14.5 Å². The average molecular weight is 245 g/mol. The summed E-state index contributed by atoms with van der Waals surface area (Å²) in [5.41, 5.74) is 2.87. The van der Waals surface area contributed by atoms with Crippen LogP contribution < -0.4 is 5.56 Å². The first kappa shape index (κ1) is 10.4. The third-order valence-corrected chi connectivity index (χ3v) is 3.90. The van der Waals surface area contributed by atoms with E-state index in [0.29, 0.717) is 4.70 Å². The molecule has 0 saturated carbocycles. The molecule has 3 aromatic heterocycles. The molecule has 17 heavy (non-hydrogen) atoms. The van der Waals surface area contributed by atoms with Gasteiger partial charge in [0.2, 0.25) is 0 Å². The zero-order valence-electron chi connectivity index (χ0n) is 9.81. The molecule has 0 unspecified atom stereocenters. The zero-order valence-corrected chi connectivity index (χ0v) is 10.6. The minimum absolute atomic E-state index is 0.00458. The van der Waals surface area contributed by atoms with Crippen LogP contribution in [0.5, 0.6) is 0 Å². The number of hydrogen-bond donors (Lipinski definition) is 0. The van der Waals surface area contributed by atoms with Gasteiger partial charge in [-0.05, 0) is 25.5 Å². The molecule has 0 amide bonds. The van der Waals surface area contributed by atoms with Gasteiger partial charge in [0.15, 0.2) is 0 Å². The van der Waals surface area contributed by atoms with Crippen LogP contribution in [0.3, 0.4) is 0 Å². The van der Waals surface area contributed by atoms with Crippen molar-refractivity contribution in [2.24, 2.45) is 7.05 Å². The molecule has 0 bridgehead atoms. The van der Waals surface area contributed by atoms with E-state index in [4.69, 9.17) is 0 Å². The molecule has 0 radical (unpaired) electrons. The smallest absolute Gasteiger partial charge is 0.271 e. The van der Waals surface area contributed by atoms with Gasteiger partial charge in [-0.1, -0.05) is 0 Å². The van der Waals surface area contributed by atoms with Crippen LogP contribution in [0.1, 0.15) is 11.3 Å². The number of aromatic nitrogens is 3. The Bertz CT molecular complexity index is 801. The maximum atomic E-state index is 12.0. The summed E-state index contributed by atoms with van der Waals surface area (Å²) in [4.78, 5) is 21.7. The lowest BCUT2D eigenvalue weighted by atomic mass is 10.1. The third kappa shape index (κ3) is 1.39. The zero-order chi connectivity index (χ0) is 12.2. The summed E-state index contributed by atoms with van der Waals surface area (Å²) in [6.07, 6.45) is 1.57. The van der Waals surface area contributed by atoms with Crippen molar-refractivity contribution in [2.75, 3.05) is 0 Å². The fourth-order valence-corrected chi connectivity index (χ4v) is 3.27. The molecule has 0 aliphatic rings. The first-order chi connectivity index (χ1) is 8.08. The molecule has 0 spiro atoms. The molecule has 0 atom stereocenters. The molecular weight excluding hydrogens is 234 g/mol. The molecule has 0 N–H and O–H groups in total. The average Bonchev–Trinajstić information content (AvgIpc) is 2.62. The predicted octanol–water partition coefficient (Wildman–Crippen LogP) is 2.16. The molecule has 0 aliphatic heterocycles. The van der Waals surface area contributed by atoms with Crippen LogP contribution in [0.25, 0.3) is 20.4 Å². The summed E-state index contributed by atoms with van der Waals surface area (Å²) >= 11 is 1.42. The van der Waals surface area contributed by atoms with Crippen molar-refractivity contribution in [1.29, 1.82) is 0 Å². The van der Waals surface area contributed by atoms with Gasteiger partial charge in [-0.15, -0.1) is 11.3 Å². The Morgan fingerprint density at radius 1 is 1.35 bits per heavy atom. The lowest BCUT2D eigenvalue weighted by molar-refractivity contribution is 0.845. The first-order valence-electron chi connectivity index (χ1n) is 5.30. The van der Waals surface area contributed by atoms with Crippen LogP contribution in [0.4, 0.5) is 0 Å². The molecule has 86 valence electrons. The van der Waals surface area contributed by atoms with E-state index in [0.717, 1.165) is 27.0 Å². The number of aryl methyl sites for hydroxylation is 3. The minimum Gasteiger partial charge on any atom is -0.301 e. The van der Waals surface area contributed by atoms with Crippen LogP contribution in [0.2, 0.25) is 0 Å². The van der Waals surface area contributed by atoms with E-state index in [9.17, 15) is 4.79 Å². The molecule has 3 rings (SSSR count). The van der Waals surface area contributed by atoms with Gasteiger partial charge in [0.1, 0.15) is 9.53 Å². The maximum absolute atomic E-state index is 12.0. The van der Waals surface area contributed by atoms with Crippen LogP contribution >= 0.6 is 11.3 Å². The van der Waals surface area contributed by atoms with Gasteiger partial charge in [0.25, 0.3) is 5.56 Å². The van der Waals surface area contributed by atoms with Crippen molar-refractivity contribution in [3.8, 4) is 0 Å². The molecule has 0 saturated heterocycles. The number of thiophene rings is 1. The second-order valence-electron chi connectivity index (χ2n) is 4.20. The fourth-order valence-electron chi connectivity index (χ4n) is 2.05. The Kier molecular flexibility index (Phi) is 2.06. The number of pyridine rings is 1. The second kappa shape index (κ2) is 3.37. The van der Waals surface area contributed by atoms with E-state index in [1.165, 1.54) is 15.9 Å². The van der Waals surface area contributed by atoms with Crippen LogP contribution in [0, 0.1) is 13.8 Å². The standard InChI is InChI=1S/C12H11N3OS/c1-6-4-7(2)14-11-8(6)9-10(17-11)12(16)15(3)5-13-9/h4-5H,1-3H3. The molecule has 3 aromatic rings. The normalized spacial score (nSPS) is 11.5. The third-order valence-electron chi connectivity index (χ3n) is 2.84.